The van der Waals surface area contributed by atoms with E-state index >= 15 is 0 Å². The number of rotatable bonds is 6. The lowest BCUT2D eigenvalue weighted by atomic mass is 10.1. The highest BCUT2D eigenvalue weighted by molar-refractivity contribution is 7.89. The van der Waals surface area contributed by atoms with E-state index in [-0.39, 0.29) is 16.3 Å². The van der Waals surface area contributed by atoms with Gasteiger partial charge in [-0.15, -0.1) is 0 Å². The second kappa shape index (κ2) is 9.13. The third kappa shape index (κ3) is 4.62. The van der Waals surface area contributed by atoms with Gasteiger partial charge in [-0.25, -0.2) is 18.0 Å². The molecule has 1 aromatic heterocycles. The van der Waals surface area contributed by atoms with Crippen LogP contribution >= 0.6 is 0 Å². The number of sulfonamides is 1. The van der Waals surface area contributed by atoms with E-state index in [2.05, 4.69) is 4.72 Å². The Bertz CT molecular complexity index is 1570. The molecule has 4 aromatic rings. The SMILES string of the molecule is Cc1ccc(S(=O)(=O)NC(C(=O)Oc2ccc3c4c(c(=O)oc3c2)CCC4)c2ccccc2)cc1. The zero-order valence-corrected chi connectivity index (χ0v) is 19.8. The van der Waals surface area contributed by atoms with Crippen LogP contribution in [-0.4, -0.2) is 14.4 Å². The Balaban J connectivity index is 1.46. The first-order valence-electron chi connectivity index (χ1n) is 11.3. The molecule has 1 aliphatic carbocycles. The molecule has 0 saturated heterocycles. The van der Waals surface area contributed by atoms with Crippen molar-refractivity contribution < 1.29 is 22.4 Å². The summed E-state index contributed by atoms with van der Waals surface area (Å²) in [4.78, 5) is 25.6. The fraction of sp³-hybridized carbons (Fsp3) is 0.185. The van der Waals surface area contributed by atoms with E-state index in [9.17, 15) is 18.0 Å². The molecule has 5 rings (SSSR count). The number of benzene rings is 3. The van der Waals surface area contributed by atoms with Crippen LogP contribution in [-0.2, 0) is 27.7 Å². The molecule has 0 fully saturated rings. The highest BCUT2D eigenvalue weighted by Crippen LogP contribution is 2.30. The molecule has 3 aromatic carbocycles. The van der Waals surface area contributed by atoms with E-state index in [4.69, 9.17) is 9.15 Å². The first-order chi connectivity index (χ1) is 16.8. The van der Waals surface area contributed by atoms with Gasteiger partial charge in [0, 0.05) is 17.0 Å². The summed E-state index contributed by atoms with van der Waals surface area (Å²) in [5.74, 6) is -0.659. The van der Waals surface area contributed by atoms with Gasteiger partial charge in [0.05, 0.1) is 4.90 Å². The Kier molecular flexibility index (Phi) is 6.00. The first-order valence-corrected chi connectivity index (χ1v) is 12.7. The van der Waals surface area contributed by atoms with Gasteiger partial charge in [0.25, 0.3) is 0 Å². The van der Waals surface area contributed by atoms with Gasteiger partial charge in [-0.3, -0.25) is 0 Å². The van der Waals surface area contributed by atoms with E-state index in [1.807, 2.05) is 6.92 Å². The molecule has 35 heavy (non-hydrogen) atoms. The van der Waals surface area contributed by atoms with Gasteiger partial charge in [0.15, 0.2) is 0 Å². The zero-order valence-electron chi connectivity index (χ0n) is 19.0. The second-order valence-corrected chi connectivity index (χ2v) is 10.3. The minimum atomic E-state index is -4.02. The number of esters is 1. The molecule has 178 valence electrons. The quantitative estimate of drug-likeness (QED) is 0.247. The number of fused-ring (bicyclic) bond motifs is 3. The van der Waals surface area contributed by atoms with Crippen molar-refractivity contribution in [2.45, 2.75) is 37.1 Å². The average Bonchev–Trinajstić information content (AvgIpc) is 3.34. The van der Waals surface area contributed by atoms with Crippen molar-refractivity contribution in [3.8, 4) is 5.75 Å². The summed E-state index contributed by atoms with van der Waals surface area (Å²) in [5, 5.41) is 0.816. The van der Waals surface area contributed by atoms with Crippen molar-refractivity contribution >= 4 is 27.0 Å². The van der Waals surface area contributed by atoms with E-state index < -0.39 is 22.0 Å². The maximum atomic E-state index is 13.2. The van der Waals surface area contributed by atoms with Gasteiger partial charge in [-0.05, 0) is 61.6 Å². The minimum Gasteiger partial charge on any atom is -0.425 e. The zero-order chi connectivity index (χ0) is 24.6. The molecule has 0 spiro atoms. The van der Waals surface area contributed by atoms with Gasteiger partial charge in [-0.2, -0.15) is 4.72 Å². The van der Waals surface area contributed by atoms with E-state index in [1.54, 1.807) is 54.6 Å². The third-order valence-electron chi connectivity index (χ3n) is 6.14. The van der Waals surface area contributed by atoms with Crippen LogP contribution in [0.3, 0.4) is 0 Å². The standard InChI is InChI=1S/C27H23NO6S/c1-17-10-13-20(14-11-17)35(31,32)28-25(18-6-3-2-4-7-18)27(30)33-19-12-15-22-21-8-5-9-23(21)26(29)34-24(22)16-19/h2-4,6-7,10-16,25,28H,5,8-9H2,1H3. The smallest absolute Gasteiger partial charge is 0.339 e. The Hall–Kier alpha value is -3.75. The molecule has 8 heteroatoms. The van der Waals surface area contributed by atoms with E-state index in [0.29, 0.717) is 23.1 Å². The fourth-order valence-corrected chi connectivity index (χ4v) is 5.51. The molecule has 0 saturated carbocycles. The monoisotopic (exact) mass is 489 g/mol. The lowest BCUT2D eigenvalue weighted by molar-refractivity contribution is -0.136. The third-order valence-corrected chi connectivity index (χ3v) is 7.58. The van der Waals surface area contributed by atoms with Crippen LogP contribution in [0.5, 0.6) is 5.75 Å². The molecule has 0 aliphatic heterocycles. The van der Waals surface area contributed by atoms with Crippen LogP contribution in [0, 0.1) is 6.92 Å². The summed E-state index contributed by atoms with van der Waals surface area (Å²) in [5.41, 5.74) is 2.98. The van der Waals surface area contributed by atoms with Crippen LogP contribution < -0.4 is 15.1 Å². The van der Waals surface area contributed by atoms with Crippen molar-refractivity contribution in [2.75, 3.05) is 0 Å². The summed E-state index contributed by atoms with van der Waals surface area (Å²) < 4.78 is 39.6. The molecular weight excluding hydrogens is 466 g/mol. The highest BCUT2D eigenvalue weighted by atomic mass is 32.2. The van der Waals surface area contributed by atoms with Crippen LogP contribution in [0.1, 0.15) is 34.7 Å². The van der Waals surface area contributed by atoms with Crippen LogP contribution in [0.25, 0.3) is 11.0 Å². The molecule has 0 radical (unpaired) electrons. The topological polar surface area (TPSA) is 103 Å². The summed E-state index contributed by atoms with van der Waals surface area (Å²) in [6, 6.07) is 18.4. The number of aryl methyl sites for hydroxylation is 2. The van der Waals surface area contributed by atoms with E-state index in [0.717, 1.165) is 29.4 Å². The van der Waals surface area contributed by atoms with Crippen molar-refractivity contribution in [1.82, 2.24) is 4.72 Å². The van der Waals surface area contributed by atoms with Gasteiger partial charge in [-0.1, -0.05) is 48.0 Å². The van der Waals surface area contributed by atoms with Crippen molar-refractivity contribution in [1.29, 1.82) is 0 Å². The van der Waals surface area contributed by atoms with Crippen LogP contribution in [0.15, 0.2) is 86.9 Å². The predicted octanol–water partition coefficient (Wildman–Crippen LogP) is 4.22. The number of hydrogen-bond donors (Lipinski definition) is 1. The molecule has 0 amide bonds. The number of nitrogens with one attached hydrogen (secondary N) is 1. The Labute approximate surface area is 202 Å². The summed E-state index contributed by atoms with van der Waals surface area (Å²) in [6.45, 7) is 1.86. The second-order valence-electron chi connectivity index (χ2n) is 8.56. The molecule has 7 nitrogen and oxygen atoms in total. The first kappa shape index (κ1) is 23.0. The number of carbonyl (C=O) groups excluding carboxylic acids is 1. The average molecular weight is 490 g/mol. The van der Waals surface area contributed by atoms with Crippen molar-refractivity contribution in [3.05, 3.63) is 105 Å². The highest BCUT2D eigenvalue weighted by Gasteiger charge is 2.29. The summed E-state index contributed by atoms with van der Waals surface area (Å²) in [7, 11) is -4.02. The predicted molar refractivity (Wildman–Crippen MR) is 131 cm³/mol. The molecule has 1 heterocycles. The Morgan fingerprint density at radius 1 is 0.971 bits per heavy atom. The van der Waals surface area contributed by atoms with Gasteiger partial charge < -0.3 is 9.15 Å². The molecular formula is C27H23NO6S. The van der Waals surface area contributed by atoms with Gasteiger partial charge in [0.1, 0.15) is 17.4 Å². The fourth-order valence-electron chi connectivity index (χ4n) is 4.34. The van der Waals surface area contributed by atoms with Crippen molar-refractivity contribution in [3.63, 3.8) is 0 Å². The van der Waals surface area contributed by atoms with Gasteiger partial charge >= 0.3 is 11.6 Å². The Morgan fingerprint density at radius 3 is 2.43 bits per heavy atom. The molecule has 1 unspecified atom stereocenters. The maximum Gasteiger partial charge on any atom is 0.339 e. The number of hydrogen-bond acceptors (Lipinski definition) is 6. The molecule has 0 bridgehead atoms. The van der Waals surface area contributed by atoms with Crippen LogP contribution in [0.4, 0.5) is 0 Å². The molecule has 1 N–H and O–H groups in total. The van der Waals surface area contributed by atoms with Crippen LogP contribution in [0.2, 0.25) is 0 Å². The van der Waals surface area contributed by atoms with Crippen molar-refractivity contribution in [2.24, 2.45) is 0 Å². The number of carbonyl (C=O) groups is 1. The summed E-state index contributed by atoms with van der Waals surface area (Å²) >= 11 is 0. The lowest BCUT2D eigenvalue weighted by Crippen LogP contribution is -2.36. The Morgan fingerprint density at radius 2 is 1.69 bits per heavy atom. The normalized spacial score (nSPS) is 14.0. The largest absolute Gasteiger partial charge is 0.425 e. The lowest BCUT2D eigenvalue weighted by Gasteiger charge is -2.18. The molecule has 1 aliphatic rings. The maximum absolute atomic E-state index is 13.2. The van der Waals surface area contributed by atoms with Gasteiger partial charge in [0.2, 0.25) is 10.0 Å². The number of ether oxygens (including phenoxy) is 1. The van der Waals surface area contributed by atoms with E-state index in [1.165, 1.54) is 18.2 Å². The minimum absolute atomic E-state index is 0.0400. The molecule has 1 atom stereocenters. The summed E-state index contributed by atoms with van der Waals surface area (Å²) in [6.07, 6.45) is 2.40.